The summed E-state index contributed by atoms with van der Waals surface area (Å²) >= 11 is 0. The lowest BCUT2D eigenvalue weighted by Crippen LogP contribution is -2.15. The van der Waals surface area contributed by atoms with E-state index in [2.05, 4.69) is 12.2 Å². The maximum atomic E-state index is 11.9. The standard InChI is InChI=1S/C42H75NO12/c1-3-4-5-6-7-8-9-10-11-12-13-14-15-16-42(45)55-38-36-53-34-32-51-30-28-49-26-24-47-22-21-46-23-25-48-27-29-50-31-33-52-35-37-54-41-19-17-40(18-20-41)43-39(2)44/h17-20H,3-16,21-38H2,1-2H3,(H,43,44). The van der Waals surface area contributed by atoms with E-state index < -0.39 is 0 Å². The number of hydrogen-bond acceptors (Lipinski definition) is 12. The van der Waals surface area contributed by atoms with E-state index in [0.29, 0.717) is 124 Å². The van der Waals surface area contributed by atoms with E-state index in [-0.39, 0.29) is 18.5 Å². The molecule has 0 heterocycles. The molecule has 320 valence electrons. The summed E-state index contributed by atoms with van der Waals surface area (Å²) in [6.45, 7) is 12.0. The van der Waals surface area contributed by atoms with Crippen LogP contribution in [-0.4, -0.2) is 131 Å². The van der Waals surface area contributed by atoms with Gasteiger partial charge in [0.2, 0.25) is 5.91 Å². The second-order valence-corrected chi connectivity index (χ2v) is 13.2. The summed E-state index contributed by atoms with van der Waals surface area (Å²) in [5, 5.41) is 2.71. The summed E-state index contributed by atoms with van der Waals surface area (Å²) in [4.78, 5) is 22.9. The number of benzene rings is 1. The van der Waals surface area contributed by atoms with Gasteiger partial charge in [0.15, 0.2) is 0 Å². The van der Waals surface area contributed by atoms with Gasteiger partial charge in [-0.25, -0.2) is 0 Å². The van der Waals surface area contributed by atoms with Gasteiger partial charge in [0.05, 0.1) is 106 Å². The topological polar surface area (TPSA) is 138 Å². The van der Waals surface area contributed by atoms with Crippen LogP contribution in [0.4, 0.5) is 5.69 Å². The van der Waals surface area contributed by atoms with Crippen molar-refractivity contribution in [1.29, 1.82) is 0 Å². The molecule has 1 aromatic rings. The Bertz CT molecular complexity index is 968. The van der Waals surface area contributed by atoms with Crippen LogP contribution in [0.25, 0.3) is 0 Å². The van der Waals surface area contributed by atoms with Crippen molar-refractivity contribution >= 4 is 17.6 Å². The lowest BCUT2D eigenvalue weighted by Gasteiger charge is -2.09. The van der Waals surface area contributed by atoms with Crippen molar-refractivity contribution in [2.45, 2.75) is 104 Å². The fourth-order valence-corrected chi connectivity index (χ4v) is 5.27. The van der Waals surface area contributed by atoms with Gasteiger partial charge in [-0.2, -0.15) is 0 Å². The first kappa shape index (κ1) is 50.7. The zero-order valence-electron chi connectivity index (χ0n) is 34.3. The van der Waals surface area contributed by atoms with Gasteiger partial charge in [-0.3, -0.25) is 9.59 Å². The van der Waals surface area contributed by atoms with E-state index in [0.717, 1.165) is 18.5 Å². The zero-order chi connectivity index (χ0) is 39.5. The molecular weight excluding hydrogens is 710 g/mol. The lowest BCUT2D eigenvalue weighted by molar-refractivity contribution is -0.145. The average Bonchev–Trinajstić information content (AvgIpc) is 3.18. The van der Waals surface area contributed by atoms with Crippen molar-refractivity contribution in [3.05, 3.63) is 24.3 Å². The third kappa shape index (κ3) is 38.3. The Morgan fingerprint density at radius 1 is 0.436 bits per heavy atom. The van der Waals surface area contributed by atoms with Gasteiger partial charge < -0.3 is 52.7 Å². The Labute approximate surface area is 332 Å². The molecule has 1 aromatic carbocycles. The van der Waals surface area contributed by atoms with Crippen molar-refractivity contribution in [3.63, 3.8) is 0 Å². The molecule has 13 heteroatoms. The van der Waals surface area contributed by atoms with E-state index in [1.54, 1.807) is 24.3 Å². The quantitative estimate of drug-likeness (QED) is 0.0530. The molecule has 1 amide bonds. The fraction of sp³-hybridized carbons (Fsp3) is 0.810. The molecule has 0 saturated carbocycles. The Morgan fingerprint density at radius 2 is 0.764 bits per heavy atom. The molecule has 0 aliphatic carbocycles. The van der Waals surface area contributed by atoms with Crippen LogP contribution in [0, 0.1) is 0 Å². The van der Waals surface area contributed by atoms with Crippen molar-refractivity contribution < 1.29 is 57.0 Å². The molecule has 1 rings (SSSR count). The average molecular weight is 786 g/mol. The van der Waals surface area contributed by atoms with E-state index in [4.69, 9.17) is 47.4 Å². The monoisotopic (exact) mass is 786 g/mol. The van der Waals surface area contributed by atoms with Crippen LogP contribution in [0.5, 0.6) is 5.75 Å². The van der Waals surface area contributed by atoms with Gasteiger partial charge in [0.25, 0.3) is 0 Å². The second-order valence-electron chi connectivity index (χ2n) is 13.2. The number of rotatable bonds is 43. The van der Waals surface area contributed by atoms with Crippen molar-refractivity contribution in [1.82, 2.24) is 0 Å². The van der Waals surface area contributed by atoms with Gasteiger partial charge in [-0.05, 0) is 30.7 Å². The van der Waals surface area contributed by atoms with Gasteiger partial charge in [-0.1, -0.05) is 84.0 Å². The maximum absolute atomic E-state index is 11.9. The number of carbonyl (C=O) groups excluding carboxylic acids is 2. The highest BCUT2D eigenvalue weighted by Crippen LogP contribution is 2.16. The zero-order valence-corrected chi connectivity index (χ0v) is 34.3. The number of nitrogens with one attached hydrogen (secondary N) is 1. The largest absolute Gasteiger partial charge is 0.491 e. The van der Waals surface area contributed by atoms with Crippen LogP contribution in [0.1, 0.15) is 104 Å². The third-order valence-electron chi connectivity index (χ3n) is 8.25. The number of carbonyl (C=O) groups is 2. The van der Waals surface area contributed by atoms with Crippen LogP contribution in [0.3, 0.4) is 0 Å². The van der Waals surface area contributed by atoms with Crippen molar-refractivity contribution in [2.75, 3.05) is 124 Å². The summed E-state index contributed by atoms with van der Waals surface area (Å²) in [5.41, 5.74) is 0.731. The normalized spacial score (nSPS) is 11.2. The molecule has 0 aliphatic rings. The number of esters is 1. The highest BCUT2D eigenvalue weighted by molar-refractivity contribution is 5.88. The first-order chi connectivity index (χ1) is 27.1. The molecule has 13 nitrogen and oxygen atoms in total. The molecule has 1 N–H and O–H groups in total. The number of unbranched alkanes of at least 4 members (excludes halogenated alkanes) is 12. The number of ether oxygens (including phenoxy) is 10. The molecule has 0 aliphatic heterocycles. The van der Waals surface area contributed by atoms with Crippen LogP contribution in [-0.2, 0) is 52.2 Å². The summed E-state index contributed by atoms with van der Waals surface area (Å²) < 4.78 is 54.8. The van der Waals surface area contributed by atoms with Gasteiger partial charge in [-0.15, -0.1) is 0 Å². The molecule has 55 heavy (non-hydrogen) atoms. The molecule has 0 saturated heterocycles. The smallest absolute Gasteiger partial charge is 0.305 e. The van der Waals surface area contributed by atoms with E-state index in [1.165, 1.54) is 77.6 Å². The Hall–Kier alpha value is -2.36. The third-order valence-corrected chi connectivity index (χ3v) is 8.25. The summed E-state index contributed by atoms with van der Waals surface area (Å²) in [6, 6.07) is 7.18. The molecular formula is C42H75NO12. The molecule has 0 radical (unpaired) electrons. The first-order valence-electron chi connectivity index (χ1n) is 20.9. The minimum atomic E-state index is -0.135. The fourth-order valence-electron chi connectivity index (χ4n) is 5.27. The highest BCUT2D eigenvalue weighted by atomic mass is 16.6. The second kappa shape index (κ2) is 41.3. The molecule has 0 aromatic heterocycles. The Balaban J connectivity index is 1.67. The van der Waals surface area contributed by atoms with Crippen LogP contribution >= 0.6 is 0 Å². The van der Waals surface area contributed by atoms with E-state index >= 15 is 0 Å². The van der Waals surface area contributed by atoms with Crippen LogP contribution in [0.15, 0.2) is 24.3 Å². The predicted molar refractivity (Wildman–Crippen MR) is 214 cm³/mol. The van der Waals surface area contributed by atoms with E-state index in [1.807, 2.05) is 0 Å². The maximum Gasteiger partial charge on any atom is 0.305 e. The molecule has 0 fully saturated rings. The Kier molecular flexibility index (Phi) is 38.0. The minimum Gasteiger partial charge on any atom is -0.491 e. The van der Waals surface area contributed by atoms with Gasteiger partial charge in [0, 0.05) is 19.0 Å². The van der Waals surface area contributed by atoms with Crippen LogP contribution < -0.4 is 10.1 Å². The summed E-state index contributed by atoms with van der Waals surface area (Å²) in [5.74, 6) is 0.472. The van der Waals surface area contributed by atoms with Crippen molar-refractivity contribution in [2.24, 2.45) is 0 Å². The minimum absolute atomic E-state index is 0.109. The van der Waals surface area contributed by atoms with Crippen LogP contribution in [0.2, 0.25) is 0 Å². The molecule has 0 atom stereocenters. The lowest BCUT2D eigenvalue weighted by atomic mass is 10.0. The number of hydrogen-bond donors (Lipinski definition) is 1. The number of amides is 1. The SMILES string of the molecule is CCCCCCCCCCCCCCCC(=O)OCCOCCOCCOCCOCCOCCOCCOCCOCCOc1ccc(NC(C)=O)cc1. The Morgan fingerprint density at radius 3 is 1.13 bits per heavy atom. The van der Waals surface area contributed by atoms with Gasteiger partial charge >= 0.3 is 5.97 Å². The van der Waals surface area contributed by atoms with E-state index in [9.17, 15) is 9.59 Å². The van der Waals surface area contributed by atoms with Gasteiger partial charge in [0.1, 0.15) is 19.0 Å². The first-order valence-corrected chi connectivity index (χ1v) is 20.9. The number of anilines is 1. The van der Waals surface area contributed by atoms with Crippen molar-refractivity contribution in [3.8, 4) is 5.75 Å². The molecule has 0 unspecified atom stereocenters. The summed E-state index contributed by atoms with van der Waals surface area (Å²) in [7, 11) is 0. The molecule has 0 spiro atoms. The predicted octanol–water partition coefficient (Wildman–Crippen LogP) is 7.18. The summed E-state index contributed by atoms with van der Waals surface area (Å²) in [6.07, 6.45) is 17.3. The molecule has 0 bridgehead atoms. The highest BCUT2D eigenvalue weighted by Gasteiger charge is 2.03.